The summed E-state index contributed by atoms with van der Waals surface area (Å²) in [4.78, 5) is 48.9. The minimum Gasteiger partial charge on any atom is -0.481 e. The lowest BCUT2D eigenvalue weighted by Gasteiger charge is -2.31. The van der Waals surface area contributed by atoms with Crippen LogP contribution in [-0.4, -0.2) is 77.1 Å². The molecule has 4 rings (SSSR count). The van der Waals surface area contributed by atoms with Crippen molar-refractivity contribution >= 4 is 22.8 Å². The van der Waals surface area contributed by atoms with Crippen molar-refractivity contribution in [3.8, 4) is 11.9 Å². The van der Waals surface area contributed by atoms with Crippen LogP contribution in [0.4, 0.5) is 5.95 Å². The fourth-order valence-corrected chi connectivity index (χ4v) is 3.75. The van der Waals surface area contributed by atoms with E-state index in [1.807, 2.05) is 20.2 Å². The molecule has 1 amide bonds. The Bertz CT molecular complexity index is 1180. The van der Waals surface area contributed by atoms with Crippen LogP contribution < -0.4 is 19.9 Å². The van der Waals surface area contributed by atoms with Crippen molar-refractivity contribution in [1.29, 1.82) is 0 Å². The molecular weight excluding hydrogens is 414 g/mol. The summed E-state index contributed by atoms with van der Waals surface area (Å²) in [7, 11) is 6.61. The van der Waals surface area contributed by atoms with Gasteiger partial charge in [-0.05, 0) is 18.9 Å². The molecule has 0 aromatic carbocycles. The molecule has 1 saturated heterocycles. The van der Waals surface area contributed by atoms with Gasteiger partial charge in [0.05, 0.1) is 25.1 Å². The van der Waals surface area contributed by atoms with E-state index >= 15 is 0 Å². The van der Waals surface area contributed by atoms with E-state index < -0.39 is 0 Å². The van der Waals surface area contributed by atoms with Gasteiger partial charge in [0.2, 0.25) is 11.8 Å². The van der Waals surface area contributed by atoms with Crippen LogP contribution in [0.25, 0.3) is 10.9 Å². The molecule has 0 saturated carbocycles. The highest BCUT2D eigenvalue weighted by Gasteiger charge is 2.27. The zero-order valence-electron chi connectivity index (χ0n) is 18.5. The average Bonchev–Trinajstić information content (AvgIpc) is 2.82. The Balaban J connectivity index is 1.52. The predicted octanol–water partition coefficient (Wildman–Crippen LogP) is 1.21. The first kappa shape index (κ1) is 21.5. The number of hydrogen-bond donors (Lipinski definition) is 1. The Kier molecular flexibility index (Phi) is 5.89. The van der Waals surface area contributed by atoms with E-state index in [1.54, 1.807) is 16.0 Å². The lowest BCUT2D eigenvalue weighted by molar-refractivity contribution is 0.0704. The van der Waals surface area contributed by atoms with Crippen molar-refractivity contribution in [3.63, 3.8) is 0 Å². The normalized spacial score (nSPS) is 14.4. The minimum absolute atomic E-state index is 0.0791. The highest BCUT2D eigenvalue weighted by molar-refractivity contribution is 5.92. The number of amides is 1. The van der Waals surface area contributed by atoms with Crippen molar-refractivity contribution < 1.29 is 14.3 Å². The van der Waals surface area contributed by atoms with Crippen molar-refractivity contribution in [2.75, 3.05) is 46.3 Å². The number of carbonyl (C=O) groups excluding carboxylic acids is 1. The van der Waals surface area contributed by atoms with E-state index in [9.17, 15) is 9.59 Å². The SMILES string of the molecule is COc1cc(C(=O)N2CCC(c3cc4nc(N(C)C)ncc4c(=O)[nH]3)CC2)nc(OC)n1. The van der Waals surface area contributed by atoms with Gasteiger partial charge in [0.15, 0.2) is 0 Å². The zero-order valence-corrected chi connectivity index (χ0v) is 18.5. The van der Waals surface area contributed by atoms with E-state index in [0.717, 1.165) is 5.69 Å². The standard InChI is InChI=1S/C21H25N7O4/c1-27(2)20-22-11-13-15(24-20)9-14(23-18(13)29)12-5-7-28(8-6-12)19(30)16-10-17(31-3)26-21(25-16)32-4/h9-12H,5-8H2,1-4H3,(H,23,29). The Labute approximate surface area is 184 Å². The molecule has 32 heavy (non-hydrogen) atoms. The van der Waals surface area contributed by atoms with E-state index in [2.05, 4.69) is 24.9 Å². The number of nitrogens with one attached hydrogen (secondary N) is 1. The lowest BCUT2D eigenvalue weighted by Crippen LogP contribution is -2.38. The largest absolute Gasteiger partial charge is 0.481 e. The molecule has 4 heterocycles. The van der Waals surface area contributed by atoms with Gasteiger partial charge in [0, 0.05) is 51.1 Å². The van der Waals surface area contributed by atoms with E-state index in [4.69, 9.17) is 9.47 Å². The van der Waals surface area contributed by atoms with Gasteiger partial charge >= 0.3 is 6.01 Å². The molecule has 11 nitrogen and oxygen atoms in total. The highest BCUT2D eigenvalue weighted by Crippen LogP contribution is 2.28. The maximum absolute atomic E-state index is 13.0. The summed E-state index contributed by atoms with van der Waals surface area (Å²) in [6.07, 6.45) is 2.96. The molecule has 1 fully saturated rings. The number of pyridine rings is 1. The van der Waals surface area contributed by atoms with Gasteiger partial charge < -0.3 is 24.3 Å². The number of rotatable bonds is 5. The fourth-order valence-electron chi connectivity index (χ4n) is 3.75. The van der Waals surface area contributed by atoms with E-state index in [1.165, 1.54) is 20.3 Å². The maximum atomic E-state index is 13.0. The Hall–Kier alpha value is -3.76. The van der Waals surface area contributed by atoms with Gasteiger partial charge in [0.25, 0.3) is 11.5 Å². The number of methoxy groups -OCH3 is 2. The molecule has 0 spiro atoms. The van der Waals surface area contributed by atoms with Gasteiger partial charge in [0.1, 0.15) is 5.69 Å². The Morgan fingerprint density at radius 2 is 1.88 bits per heavy atom. The molecule has 11 heteroatoms. The molecule has 1 aliphatic heterocycles. The number of carbonyl (C=O) groups is 1. The molecule has 168 valence electrons. The van der Waals surface area contributed by atoms with Crippen LogP contribution in [0.5, 0.6) is 11.9 Å². The van der Waals surface area contributed by atoms with Crippen LogP contribution in [0.15, 0.2) is 23.1 Å². The second-order valence-corrected chi connectivity index (χ2v) is 7.77. The van der Waals surface area contributed by atoms with Gasteiger partial charge in [-0.1, -0.05) is 0 Å². The Morgan fingerprint density at radius 3 is 2.53 bits per heavy atom. The summed E-state index contributed by atoms with van der Waals surface area (Å²) >= 11 is 0. The molecule has 0 radical (unpaired) electrons. The molecular formula is C21H25N7O4. The van der Waals surface area contributed by atoms with Crippen LogP contribution >= 0.6 is 0 Å². The number of anilines is 1. The number of ether oxygens (including phenoxy) is 2. The van der Waals surface area contributed by atoms with E-state index in [0.29, 0.717) is 42.8 Å². The number of H-pyrrole nitrogens is 1. The first-order chi connectivity index (χ1) is 15.4. The summed E-state index contributed by atoms with van der Waals surface area (Å²) < 4.78 is 10.2. The summed E-state index contributed by atoms with van der Waals surface area (Å²) in [5, 5.41) is 0.457. The second kappa shape index (κ2) is 8.77. The Morgan fingerprint density at radius 1 is 1.12 bits per heavy atom. The number of fused-ring (bicyclic) bond motifs is 1. The number of nitrogens with zero attached hydrogens (tertiary/aromatic N) is 6. The smallest absolute Gasteiger partial charge is 0.320 e. The van der Waals surface area contributed by atoms with Gasteiger partial charge in [-0.2, -0.15) is 9.97 Å². The third-order valence-electron chi connectivity index (χ3n) is 5.52. The van der Waals surface area contributed by atoms with Crippen LogP contribution in [0.3, 0.4) is 0 Å². The van der Waals surface area contributed by atoms with Crippen molar-refractivity contribution in [2.45, 2.75) is 18.8 Å². The lowest BCUT2D eigenvalue weighted by atomic mass is 9.92. The zero-order chi connectivity index (χ0) is 22.8. The van der Waals surface area contributed by atoms with Crippen LogP contribution in [-0.2, 0) is 0 Å². The number of hydrogen-bond acceptors (Lipinski definition) is 9. The topological polar surface area (TPSA) is 126 Å². The maximum Gasteiger partial charge on any atom is 0.320 e. The third kappa shape index (κ3) is 4.18. The van der Waals surface area contributed by atoms with Crippen LogP contribution in [0.2, 0.25) is 0 Å². The van der Waals surface area contributed by atoms with Crippen molar-refractivity contribution in [1.82, 2.24) is 29.8 Å². The number of likely N-dealkylation sites (tertiary alicyclic amines) is 1. The highest BCUT2D eigenvalue weighted by atomic mass is 16.5. The predicted molar refractivity (Wildman–Crippen MR) is 118 cm³/mol. The first-order valence-electron chi connectivity index (χ1n) is 10.2. The molecule has 0 bridgehead atoms. The molecule has 0 aliphatic carbocycles. The summed E-state index contributed by atoms with van der Waals surface area (Å²) in [6, 6.07) is 3.49. The summed E-state index contributed by atoms with van der Waals surface area (Å²) in [6.45, 7) is 1.07. The molecule has 0 unspecified atom stereocenters. The third-order valence-corrected chi connectivity index (χ3v) is 5.52. The average molecular weight is 439 g/mol. The van der Waals surface area contributed by atoms with Crippen molar-refractivity contribution in [3.05, 3.63) is 40.1 Å². The van der Waals surface area contributed by atoms with Gasteiger partial charge in [-0.25, -0.2) is 9.97 Å². The van der Waals surface area contributed by atoms with Crippen molar-refractivity contribution in [2.24, 2.45) is 0 Å². The molecule has 3 aromatic heterocycles. The monoisotopic (exact) mass is 439 g/mol. The quantitative estimate of drug-likeness (QED) is 0.624. The first-order valence-corrected chi connectivity index (χ1v) is 10.2. The molecule has 0 atom stereocenters. The number of piperidine rings is 1. The molecule has 3 aromatic rings. The summed E-state index contributed by atoms with van der Waals surface area (Å²) in [5.74, 6) is 0.717. The van der Waals surface area contributed by atoms with Crippen LogP contribution in [0.1, 0.15) is 34.9 Å². The fraction of sp³-hybridized carbons (Fsp3) is 0.429. The van der Waals surface area contributed by atoms with Crippen LogP contribution in [0, 0.1) is 0 Å². The van der Waals surface area contributed by atoms with Gasteiger partial charge in [-0.15, -0.1) is 0 Å². The molecule has 1 aliphatic rings. The van der Waals surface area contributed by atoms with E-state index in [-0.39, 0.29) is 35.0 Å². The van der Waals surface area contributed by atoms with Gasteiger partial charge in [-0.3, -0.25) is 9.59 Å². The minimum atomic E-state index is -0.210. The summed E-state index contributed by atoms with van der Waals surface area (Å²) in [5.41, 5.74) is 1.45. The second-order valence-electron chi connectivity index (χ2n) is 7.77. The number of aromatic amines is 1. The number of aromatic nitrogens is 5. The molecule has 1 N–H and O–H groups in total.